The van der Waals surface area contributed by atoms with Crippen LogP contribution in [0, 0.1) is 11.7 Å². The van der Waals surface area contributed by atoms with E-state index in [-0.39, 0.29) is 11.9 Å². The van der Waals surface area contributed by atoms with Gasteiger partial charge in [-0.05, 0) is 49.9 Å². The highest BCUT2D eigenvalue weighted by Gasteiger charge is 2.38. The van der Waals surface area contributed by atoms with Gasteiger partial charge in [0.05, 0.1) is 30.5 Å². The van der Waals surface area contributed by atoms with Gasteiger partial charge < -0.3 is 4.57 Å². The third kappa shape index (κ3) is 3.08. The van der Waals surface area contributed by atoms with Crippen molar-refractivity contribution in [1.29, 1.82) is 0 Å². The second kappa shape index (κ2) is 7.31. The zero-order valence-corrected chi connectivity index (χ0v) is 17.7. The number of aromatic nitrogens is 4. The van der Waals surface area contributed by atoms with Gasteiger partial charge in [-0.15, -0.1) is 0 Å². The van der Waals surface area contributed by atoms with E-state index in [1.807, 2.05) is 36.5 Å². The summed E-state index contributed by atoms with van der Waals surface area (Å²) < 4.78 is 18.9. The minimum atomic E-state index is -0.0879. The topological polar surface area (TPSA) is 38.9 Å². The van der Waals surface area contributed by atoms with Crippen LogP contribution in [0.3, 0.4) is 0 Å². The van der Waals surface area contributed by atoms with E-state index in [0.717, 1.165) is 49.2 Å². The van der Waals surface area contributed by atoms with Crippen molar-refractivity contribution < 1.29 is 4.39 Å². The summed E-state index contributed by atoms with van der Waals surface area (Å²) >= 11 is 0. The lowest BCUT2D eigenvalue weighted by molar-refractivity contribution is 0.136. The molecule has 158 valence electrons. The molecule has 1 fully saturated rings. The molecule has 3 aliphatic rings. The Morgan fingerprint density at radius 3 is 2.81 bits per heavy atom. The third-order valence-electron chi connectivity index (χ3n) is 7.17. The van der Waals surface area contributed by atoms with Crippen LogP contribution in [0.5, 0.6) is 0 Å². The van der Waals surface area contributed by atoms with Crippen LogP contribution in [0.1, 0.15) is 36.4 Å². The van der Waals surface area contributed by atoms with Gasteiger partial charge in [0.25, 0.3) is 0 Å². The molecule has 1 aliphatic carbocycles. The molecule has 0 spiro atoms. The molecular weight excluding hydrogens is 389 g/mol. The molecule has 1 aromatic carbocycles. The molecule has 3 aromatic rings. The highest BCUT2D eigenvalue weighted by atomic mass is 19.1. The third-order valence-corrected chi connectivity index (χ3v) is 7.17. The quantitative estimate of drug-likeness (QED) is 0.634. The number of likely N-dealkylation sites (tertiary alicyclic amines) is 1. The van der Waals surface area contributed by atoms with E-state index >= 15 is 0 Å². The molecule has 0 N–H and O–H groups in total. The first-order valence-electron chi connectivity index (χ1n) is 11.1. The summed E-state index contributed by atoms with van der Waals surface area (Å²) in [4.78, 5) is 6.94. The number of imidazole rings is 1. The predicted octanol–water partition coefficient (Wildman–Crippen LogP) is 4.45. The number of halogens is 1. The summed E-state index contributed by atoms with van der Waals surface area (Å²) in [6, 6.07) is 5.90. The number of fused-ring (bicyclic) bond motifs is 3. The van der Waals surface area contributed by atoms with Crippen molar-refractivity contribution in [3.8, 4) is 11.3 Å². The fourth-order valence-corrected chi connectivity index (χ4v) is 5.65. The first kappa shape index (κ1) is 18.8. The van der Waals surface area contributed by atoms with Crippen molar-refractivity contribution in [2.24, 2.45) is 13.0 Å². The van der Waals surface area contributed by atoms with Gasteiger partial charge in [-0.1, -0.05) is 30.4 Å². The number of benzene rings is 1. The molecule has 5 nitrogen and oxygen atoms in total. The molecule has 6 heteroatoms. The lowest BCUT2D eigenvalue weighted by atomic mass is 9.84. The Morgan fingerprint density at radius 2 is 2.00 bits per heavy atom. The van der Waals surface area contributed by atoms with Crippen LogP contribution in [-0.2, 0) is 7.05 Å². The fraction of sp³-hybridized carbons (Fsp3) is 0.360. The van der Waals surface area contributed by atoms with Gasteiger partial charge in [0.1, 0.15) is 5.82 Å². The number of allylic oxidation sites excluding steroid dienone is 2. The van der Waals surface area contributed by atoms with Crippen molar-refractivity contribution >= 4 is 5.57 Å². The highest BCUT2D eigenvalue weighted by Crippen LogP contribution is 2.46. The second-order valence-corrected chi connectivity index (χ2v) is 8.94. The maximum absolute atomic E-state index is 14.8. The van der Waals surface area contributed by atoms with Gasteiger partial charge in [0.2, 0.25) is 0 Å². The zero-order valence-electron chi connectivity index (χ0n) is 17.7. The maximum atomic E-state index is 14.8. The molecule has 1 saturated heterocycles. The Bertz CT molecular complexity index is 1180. The van der Waals surface area contributed by atoms with E-state index in [9.17, 15) is 4.39 Å². The Morgan fingerprint density at radius 1 is 1.13 bits per heavy atom. The van der Waals surface area contributed by atoms with Crippen LogP contribution in [0.25, 0.3) is 16.8 Å². The monoisotopic (exact) mass is 415 g/mol. The molecule has 0 amide bonds. The number of rotatable bonds is 3. The molecule has 31 heavy (non-hydrogen) atoms. The summed E-state index contributed by atoms with van der Waals surface area (Å²) in [7, 11) is 1.95. The van der Waals surface area contributed by atoms with Crippen LogP contribution in [0.4, 0.5) is 4.39 Å². The molecule has 2 unspecified atom stereocenters. The minimum Gasteiger partial charge on any atom is -0.323 e. The zero-order chi connectivity index (χ0) is 20.9. The first-order valence-corrected chi connectivity index (χ1v) is 11.1. The smallest absolute Gasteiger partial charge is 0.129 e. The molecule has 4 heterocycles. The summed E-state index contributed by atoms with van der Waals surface area (Å²) in [5.41, 5.74) is 5.33. The molecule has 2 atom stereocenters. The summed E-state index contributed by atoms with van der Waals surface area (Å²) in [6.45, 7) is 2.06. The Hall–Kier alpha value is -2.99. The predicted molar refractivity (Wildman–Crippen MR) is 119 cm³/mol. The largest absolute Gasteiger partial charge is 0.323 e. The SMILES string of the molecule is Cn1cc(C2=CC(N3CCC(C4c5c(F)cccc5-c5cncn54)CC3)CC=C2)cn1. The van der Waals surface area contributed by atoms with Crippen molar-refractivity contribution in [1.82, 2.24) is 24.2 Å². The molecule has 6 rings (SSSR count). The first-order chi connectivity index (χ1) is 15.2. The summed E-state index contributed by atoms with van der Waals surface area (Å²) in [5, 5.41) is 4.31. The lowest BCUT2D eigenvalue weighted by Gasteiger charge is -2.39. The van der Waals surface area contributed by atoms with Gasteiger partial charge in [-0.25, -0.2) is 9.37 Å². The van der Waals surface area contributed by atoms with E-state index in [1.54, 1.807) is 12.1 Å². The molecular formula is C25H26FN5. The molecule has 2 aromatic heterocycles. The normalized spacial score (nSPS) is 23.6. The number of aryl methyl sites for hydroxylation is 1. The Labute approximate surface area is 181 Å². The average molecular weight is 416 g/mol. The van der Waals surface area contributed by atoms with Gasteiger partial charge in [-0.2, -0.15) is 5.10 Å². The Kier molecular flexibility index (Phi) is 4.42. The Balaban J connectivity index is 1.21. The van der Waals surface area contributed by atoms with Crippen molar-refractivity contribution in [3.63, 3.8) is 0 Å². The number of nitrogens with zero attached hydrogens (tertiary/aromatic N) is 5. The van der Waals surface area contributed by atoms with Gasteiger partial charge >= 0.3 is 0 Å². The molecule has 0 saturated carbocycles. The fourth-order valence-electron chi connectivity index (χ4n) is 5.65. The van der Waals surface area contributed by atoms with Crippen LogP contribution >= 0.6 is 0 Å². The second-order valence-electron chi connectivity index (χ2n) is 8.94. The summed E-state index contributed by atoms with van der Waals surface area (Å²) in [6.07, 6.45) is 17.8. The standard InChI is InChI=1S/C25H26FN5/c1-29-15-19(13-28-29)18-4-2-5-20(12-18)30-10-8-17(9-11-30)25-24-21(6-3-7-22(24)26)23-14-27-16-31(23)25/h2-4,6-7,12-17,20,25H,5,8-11H2,1H3. The van der Waals surface area contributed by atoms with E-state index in [1.165, 1.54) is 11.1 Å². The van der Waals surface area contributed by atoms with Gasteiger partial charge in [0, 0.05) is 36.0 Å². The number of hydrogen-bond donors (Lipinski definition) is 0. The van der Waals surface area contributed by atoms with Crippen LogP contribution in [0.15, 0.2) is 61.3 Å². The molecule has 0 radical (unpaired) electrons. The minimum absolute atomic E-state index is 0.0589. The van der Waals surface area contributed by atoms with E-state index in [4.69, 9.17) is 0 Å². The average Bonchev–Trinajstić information content (AvgIpc) is 3.51. The van der Waals surface area contributed by atoms with E-state index in [2.05, 4.69) is 44.0 Å². The van der Waals surface area contributed by atoms with Crippen LogP contribution in [-0.4, -0.2) is 43.4 Å². The maximum Gasteiger partial charge on any atom is 0.129 e. The van der Waals surface area contributed by atoms with E-state index < -0.39 is 0 Å². The van der Waals surface area contributed by atoms with Crippen molar-refractivity contribution in [2.45, 2.75) is 31.3 Å². The van der Waals surface area contributed by atoms with Gasteiger partial charge in [-0.3, -0.25) is 9.58 Å². The molecule has 0 bridgehead atoms. The van der Waals surface area contributed by atoms with Gasteiger partial charge in [0.15, 0.2) is 0 Å². The lowest BCUT2D eigenvalue weighted by Crippen LogP contribution is -2.42. The number of piperidine rings is 1. The summed E-state index contributed by atoms with van der Waals surface area (Å²) in [5.74, 6) is 0.332. The van der Waals surface area contributed by atoms with Crippen LogP contribution in [0.2, 0.25) is 0 Å². The highest BCUT2D eigenvalue weighted by molar-refractivity contribution is 5.74. The van der Waals surface area contributed by atoms with E-state index in [0.29, 0.717) is 12.0 Å². The number of hydrogen-bond acceptors (Lipinski definition) is 3. The van der Waals surface area contributed by atoms with Crippen molar-refractivity contribution in [3.05, 3.63) is 78.3 Å². The van der Waals surface area contributed by atoms with Crippen LogP contribution < -0.4 is 0 Å². The van der Waals surface area contributed by atoms with Crippen molar-refractivity contribution in [2.75, 3.05) is 13.1 Å². The molecule has 2 aliphatic heterocycles.